The molecule has 3 aromatic heterocycles. The van der Waals surface area contributed by atoms with Crippen LogP contribution >= 0.6 is 0 Å². The first-order valence-electron chi connectivity index (χ1n) is 12.0. The Morgan fingerprint density at radius 2 is 2.06 bits per heavy atom. The van der Waals surface area contributed by atoms with Crippen LogP contribution in [0.15, 0.2) is 24.3 Å². The molecular formula is C25H31FN8O. The van der Waals surface area contributed by atoms with Crippen LogP contribution in [0.4, 0.5) is 16.0 Å². The summed E-state index contributed by atoms with van der Waals surface area (Å²) in [5.41, 5.74) is 2.99. The van der Waals surface area contributed by atoms with Crippen LogP contribution in [0.25, 0.3) is 11.5 Å². The van der Waals surface area contributed by atoms with E-state index in [0.717, 1.165) is 22.9 Å². The Hall–Kier alpha value is -3.40. The third-order valence-electron chi connectivity index (χ3n) is 7.04. The Morgan fingerprint density at radius 3 is 2.77 bits per heavy atom. The number of nitrogens with one attached hydrogen (secondary N) is 1. The van der Waals surface area contributed by atoms with Gasteiger partial charge in [0.25, 0.3) is 5.91 Å². The van der Waals surface area contributed by atoms with Crippen LogP contribution in [0, 0.1) is 0 Å². The van der Waals surface area contributed by atoms with Gasteiger partial charge >= 0.3 is 0 Å². The van der Waals surface area contributed by atoms with E-state index in [4.69, 9.17) is 9.97 Å². The summed E-state index contributed by atoms with van der Waals surface area (Å²) in [6.45, 7) is 6.69. The molecule has 1 N–H and O–H groups in total. The number of hydrogen-bond donors (Lipinski definition) is 1. The Bertz CT molecular complexity index is 1270. The molecule has 5 rings (SSSR count). The van der Waals surface area contributed by atoms with E-state index in [2.05, 4.69) is 34.3 Å². The molecule has 0 spiro atoms. The highest BCUT2D eigenvalue weighted by atomic mass is 19.1. The second kappa shape index (κ2) is 8.99. The molecule has 0 aliphatic carbocycles. The minimum Gasteiger partial charge on any atom is -0.357 e. The number of carbonyl (C=O) groups excluding carboxylic acids is 1. The molecule has 2 aliphatic heterocycles. The maximum absolute atomic E-state index is 13.7. The molecule has 0 saturated heterocycles. The Morgan fingerprint density at radius 1 is 1.26 bits per heavy atom. The number of pyridine rings is 2. The first-order valence-corrected chi connectivity index (χ1v) is 12.0. The van der Waals surface area contributed by atoms with Crippen LogP contribution in [0.5, 0.6) is 0 Å². The molecule has 0 unspecified atom stereocenters. The highest BCUT2D eigenvalue weighted by Gasteiger charge is 2.35. The van der Waals surface area contributed by atoms with Gasteiger partial charge in [-0.15, -0.1) is 10.2 Å². The van der Waals surface area contributed by atoms with Crippen LogP contribution < -0.4 is 15.1 Å². The second-order valence-corrected chi connectivity index (χ2v) is 9.66. The first kappa shape index (κ1) is 23.3. The average molecular weight is 479 g/mol. The average Bonchev–Trinajstić information content (AvgIpc) is 3.52. The predicted octanol–water partition coefficient (Wildman–Crippen LogP) is 3.48. The summed E-state index contributed by atoms with van der Waals surface area (Å²) in [6.07, 6.45) is 0.697. The highest BCUT2D eigenvalue weighted by molar-refractivity contribution is 6.10. The van der Waals surface area contributed by atoms with Crippen LogP contribution in [-0.4, -0.2) is 57.5 Å². The zero-order valence-electron chi connectivity index (χ0n) is 20.8. The fraction of sp³-hybridized carbons (Fsp3) is 0.480. The number of rotatable bonds is 7. The van der Waals surface area contributed by atoms with E-state index in [0.29, 0.717) is 42.4 Å². The molecule has 9 nitrogen and oxygen atoms in total. The van der Waals surface area contributed by atoms with Crippen molar-refractivity contribution in [3.05, 3.63) is 46.9 Å². The standard InChI is InChI=1S/C25H31FN8O/c1-14(2)32(5)22-10-17-18(20(29-22)12-27-4)13-33(25(17)35)21-8-6-7-19(28-21)24-31-30-23-15(3)9-16(11-26)34(23)24/h6-8,10,14-16,27H,9,11-13H2,1-5H3/t15-,16-/m1/s1. The molecule has 10 heteroatoms. The summed E-state index contributed by atoms with van der Waals surface area (Å²) in [5, 5.41) is 11.8. The van der Waals surface area contributed by atoms with Crippen LogP contribution in [0.2, 0.25) is 0 Å². The number of nitrogens with zero attached hydrogens (tertiary/aromatic N) is 7. The van der Waals surface area contributed by atoms with Gasteiger partial charge in [-0.2, -0.15) is 0 Å². The lowest BCUT2D eigenvalue weighted by molar-refractivity contribution is 0.0996. The summed E-state index contributed by atoms with van der Waals surface area (Å²) in [6, 6.07) is 7.32. The van der Waals surface area contributed by atoms with Crippen molar-refractivity contribution in [3.63, 3.8) is 0 Å². The van der Waals surface area contributed by atoms with E-state index < -0.39 is 6.67 Å². The Balaban J connectivity index is 1.52. The molecule has 0 saturated carbocycles. The summed E-state index contributed by atoms with van der Waals surface area (Å²) < 4.78 is 15.6. The van der Waals surface area contributed by atoms with Gasteiger partial charge in [0.1, 0.15) is 29.8 Å². The molecule has 0 radical (unpaired) electrons. The van der Waals surface area contributed by atoms with Gasteiger partial charge in [0, 0.05) is 31.1 Å². The fourth-order valence-electron chi connectivity index (χ4n) is 4.92. The zero-order chi connectivity index (χ0) is 24.9. The monoisotopic (exact) mass is 478 g/mol. The number of halogens is 1. The first-order chi connectivity index (χ1) is 16.8. The van der Waals surface area contributed by atoms with Crippen molar-refractivity contribution in [2.75, 3.05) is 30.6 Å². The van der Waals surface area contributed by atoms with Crippen LogP contribution in [-0.2, 0) is 13.1 Å². The molecule has 0 fully saturated rings. The normalized spacial score (nSPS) is 18.9. The molecule has 1 amide bonds. The highest BCUT2D eigenvalue weighted by Crippen LogP contribution is 2.39. The lowest BCUT2D eigenvalue weighted by Crippen LogP contribution is -2.27. The summed E-state index contributed by atoms with van der Waals surface area (Å²) in [7, 11) is 3.85. The molecule has 5 heterocycles. The molecule has 0 aromatic carbocycles. The Labute approximate surface area is 204 Å². The van der Waals surface area contributed by atoms with Crippen molar-refractivity contribution in [1.29, 1.82) is 0 Å². The maximum atomic E-state index is 13.7. The van der Waals surface area contributed by atoms with Gasteiger partial charge in [0.05, 0.1) is 23.8 Å². The molecule has 35 heavy (non-hydrogen) atoms. The summed E-state index contributed by atoms with van der Waals surface area (Å²) in [4.78, 5) is 26.9. The van der Waals surface area contributed by atoms with Crippen LogP contribution in [0.3, 0.4) is 0 Å². The molecule has 184 valence electrons. The van der Waals surface area contributed by atoms with E-state index in [-0.39, 0.29) is 23.9 Å². The number of aromatic nitrogens is 5. The molecule has 2 aliphatic rings. The number of alkyl halides is 1. The largest absolute Gasteiger partial charge is 0.357 e. The predicted molar refractivity (Wildman–Crippen MR) is 132 cm³/mol. The molecule has 0 bridgehead atoms. The lowest BCUT2D eigenvalue weighted by atomic mass is 10.1. The zero-order valence-corrected chi connectivity index (χ0v) is 20.8. The second-order valence-electron chi connectivity index (χ2n) is 9.66. The van der Waals surface area contributed by atoms with Gasteiger partial charge in [-0.05, 0) is 45.5 Å². The van der Waals surface area contributed by atoms with Gasteiger partial charge in [0.15, 0.2) is 5.82 Å². The van der Waals surface area contributed by atoms with Gasteiger partial charge in [-0.3, -0.25) is 9.69 Å². The molecular weight excluding hydrogens is 447 g/mol. The topological polar surface area (TPSA) is 92.1 Å². The number of fused-ring (bicyclic) bond motifs is 2. The van der Waals surface area contributed by atoms with Crippen LogP contribution in [0.1, 0.15) is 66.6 Å². The number of amides is 1. The minimum atomic E-state index is -0.476. The van der Waals surface area contributed by atoms with Crippen molar-refractivity contribution < 1.29 is 9.18 Å². The van der Waals surface area contributed by atoms with Gasteiger partial charge in [-0.25, -0.2) is 14.4 Å². The third kappa shape index (κ3) is 3.85. The maximum Gasteiger partial charge on any atom is 0.260 e. The fourth-order valence-corrected chi connectivity index (χ4v) is 4.92. The minimum absolute atomic E-state index is 0.107. The number of hydrogen-bond acceptors (Lipinski definition) is 7. The van der Waals surface area contributed by atoms with Gasteiger partial charge in [0.2, 0.25) is 0 Å². The van der Waals surface area contributed by atoms with Gasteiger partial charge in [-0.1, -0.05) is 13.0 Å². The third-order valence-corrected chi connectivity index (χ3v) is 7.04. The van der Waals surface area contributed by atoms with Crippen molar-refractivity contribution in [2.24, 2.45) is 0 Å². The van der Waals surface area contributed by atoms with Crippen molar-refractivity contribution in [1.82, 2.24) is 30.0 Å². The molecule has 2 atom stereocenters. The van der Waals surface area contributed by atoms with Crippen molar-refractivity contribution in [3.8, 4) is 11.5 Å². The number of carbonyl (C=O) groups is 1. The van der Waals surface area contributed by atoms with E-state index >= 15 is 0 Å². The van der Waals surface area contributed by atoms with E-state index in [1.165, 1.54) is 0 Å². The van der Waals surface area contributed by atoms with E-state index in [1.807, 2.05) is 49.9 Å². The quantitative estimate of drug-likeness (QED) is 0.556. The summed E-state index contributed by atoms with van der Waals surface area (Å²) >= 11 is 0. The van der Waals surface area contributed by atoms with Gasteiger partial charge < -0.3 is 14.8 Å². The molecule has 3 aromatic rings. The summed E-state index contributed by atoms with van der Waals surface area (Å²) in [5.74, 6) is 2.65. The number of anilines is 2. The SMILES string of the molecule is CNCc1nc(N(C)C(C)C)cc2c1CN(c1cccc(-c3nnc4n3[C@@H](CF)C[C@H]4C)n1)C2=O. The lowest BCUT2D eigenvalue weighted by Gasteiger charge is -2.24. The van der Waals surface area contributed by atoms with E-state index in [1.54, 1.807) is 4.90 Å². The Kier molecular flexibility index (Phi) is 6.00. The van der Waals surface area contributed by atoms with Crippen molar-refractivity contribution >= 4 is 17.5 Å². The van der Waals surface area contributed by atoms with Crippen molar-refractivity contribution in [2.45, 2.75) is 58.3 Å². The smallest absolute Gasteiger partial charge is 0.260 e. The van der Waals surface area contributed by atoms with E-state index in [9.17, 15) is 9.18 Å².